The number of carbonyl (C=O) groups is 3. The average Bonchev–Trinajstić information content (AvgIpc) is 3.16. The van der Waals surface area contributed by atoms with Gasteiger partial charge in [-0.15, -0.1) is 0 Å². The number of aromatic nitrogens is 3. The van der Waals surface area contributed by atoms with E-state index in [2.05, 4.69) is 20.7 Å². The van der Waals surface area contributed by atoms with Crippen molar-refractivity contribution in [2.24, 2.45) is 0 Å². The van der Waals surface area contributed by atoms with Gasteiger partial charge in [-0.2, -0.15) is 18.3 Å². The Morgan fingerprint density at radius 2 is 2.00 bits per heavy atom. The van der Waals surface area contributed by atoms with E-state index < -0.39 is 41.7 Å². The van der Waals surface area contributed by atoms with Crippen molar-refractivity contribution in [3.63, 3.8) is 0 Å². The molecule has 0 aliphatic carbocycles. The van der Waals surface area contributed by atoms with E-state index in [0.29, 0.717) is 17.0 Å². The highest BCUT2D eigenvalue weighted by Crippen LogP contribution is 2.28. The maximum absolute atomic E-state index is 14.1. The van der Waals surface area contributed by atoms with Gasteiger partial charge >= 0.3 is 6.18 Å². The molecule has 1 aliphatic rings. The second kappa shape index (κ2) is 8.93. The maximum Gasteiger partial charge on any atom is 0.402 e. The fraction of sp³-hybridized carbons (Fsp3) is 0.211. The Kier molecular flexibility index (Phi) is 6.02. The summed E-state index contributed by atoms with van der Waals surface area (Å²) in [6, 6.07) is 5.80. The third kappa shape index (κ3) is 5.03. The van der Waals surface area contributed by atoms with Crippen LogP contribution in [0.3, 0.4) is 0 Å². The normalized spacial score (nSPS) is 13.1. The smallest absolute Gasteiger partial charge is 0.402 e. The summed E-state index contributed by atoms with van der Waals surface area (Å²) in [4.78, 5) is 40.3. The monoisotopic (exact) mass is 481 g/mol. The first-order valence-electron chi connectivity index (χ1n) is 9.59. The van der Waals surface area contributed by atoms with Crippen LogP contribution >= 0.6 is 0 Å². The van der Waals surface area contributed by atoms with Crippen LogP contribution in [0, 0.1) is 5.82 Å². The Morgan fingerprint density at radius 1 is 1.21 bits per heavy atom. The molecule has 1 aromatic carbocycles. The maximum atomic E-state index is 14.1. The summed E-state index contributed by atoms with van der Waals surface area (Å²) in [6.45, 7) is -1.64. The first-order chi connectivity index (χ1) is 16.1. The molecule has 4 rings (SSSR count). The summed E-state index contributed by atoms with van der Waals surface area (Å²) in [5, 5.41) is 8.79. The van der Waals surface area contributed by atoms with Crippen molar-refractivity contribution >= 4 is 29.1 Å². The van der Waals surface area contributed by atoms with E-state index in [1.54, 1.807) is 23.6 Å². The molecule has 0 radical (unpaired) electrons. The number of nitrogens with zero attached hydrogens (tertiary/aromatic N) is 3. The highest BCUT2D eigenvalue weighted by atomic mass is 19.4. The van der Waals surface area contributed by atoms with Gasteiger partial charge in [0.05, 0.1) is 11.9 Å². The molecule has 2 aromatic heterocycles. The van der Waals surface area contributed by atoms with Gasteiger partial charge in [0.25, 0.3) is 17.7 Å². The molecule has 1 aliphatic heterocycles. The molecule has 0 fully saturated rings. The summed E-state index contributed by atoms with van der Waals surface area (Å²) < 4.78 is 57.0. The molecular formula is C19H15F4N7O4. The van der Waals surface area contributed by atoms with Gasteiger partial charge in [0.2, 0.25) is 0 Å². The van der Waals surface area contributed by atoms with Crippen LogP contribution in [0.15, 0.2) is 30.5 Å². The predicted octanol–water partition coefficient (Wildman–Crippen LogP) is 0.926. The number of amides is 3. The van der Waals surface area contributed by atoms with Crippen molar-refractivity contribution in [1.82, 2.24) is 30.8 Å². The van der Waals surface area contributed by atoms with Gasteiger partial charge in [0, 0.05) is 12.6 Å². The van der Waals surface area contributed by atoms with Crippen LogP contribution in [0.5, 0.6) is 5.75 Å². The van der Waals surface area contributed by atoms with Gasteiger partial charge in [-0.25, -0.2) is 19.3 Å². The lowest BCUT2D eigenvalue weighted by atomic mass is 10.1. The van der Waals surface area contributed by atoms with Crippen LogP contribution in [0.4, 0.5) is 23.2 Å². The number of hydrogen-bond acceptors (Lipinski definition) is 7. The number of ether oxygens (including phenoxy) is 1. The summed E-state index contributed by atoms with van der Waals surface area (Å²) in [5.41, 5.74) is 3.25. The Morgan fingerprint density at radius 3 is 2.76 bits per heavy atom. The van der Waals surface area contributed by atoms with Gasteiger partial charge in [-0.05, 0) is 17.7 Å². The topological polar surface area (TPSA) is 139 Å². The molecule has 0 saturated carbocycles. The number of anilines is 1. The number of halogens is 4. The van der Waals surface area contributed by atoms with Crippen LogP contribution < -0.4 is 26.2 Å². The number of fused-ring (bicyclic) bond motifs is 2. The first kappa shape index (κ1) is 22.9. The zero-order chi connectivity index (χ0) is 24.5. The van der Waals surface area contributed by atoms with E-state index in [-0.39, 0.29) is 24.8 Å². The lowest BCUT2D eigenvalue weighted by molar-refractivity contribution is -0.126. The molecule has 0 bridgehead atoms. The van der Waals surface area contributed by atoms with Gasteiger partial charge in [0.15, 0.2) is 18.1 Å². The molecule has 3 heterocycles. The van der Waals surface area contributed by atoms with Crippen LogP contribution in [0.1, 0.15) is 26.5 Å². The van der Waals surface area contributed by atoms with Crippen molar-refractivity contribution < 1.29 is 36.7 Å². The summed E-state index contributed by atoms with van der Waals surface area (Å²) in [5.74, 6) is -2.70. The highest BCUT2D eigenvalue weighted by molar-refractivity contribution is 5.98. The molecule has 4 N–H and O–H groups in total. The third-order valence-electron chi connectivity index (χ3n) is 4.51. The molecule has 0 atom stereocenters. The van der Waals surface area contributed by atoms with Crippen molar-refractivity contribution in [1.29, 1.82) is 0 Å². The third-order valence-corrected chi connectivity index (χ3v) is 4.51. The van der Waals surface area contributed by atoms with Gasteiger partial charge in [0.1, 0.15) is 23.7 Å². The van der Waals surface area contributed by atoms with E-state index in [9.17, 15) is 31.9 Å². The van der Waals surface area contributed by atoms with E-state index in [1.165, 1.54) is 0 Å². The fourth-order valence-corrected chi connectivity index (χ4v) is 3.02. The zero-order valence-electron chi connectivity index (χ0n) is 17.0. The van der Waals surface area contributed by atoms with Crippen LogP contribution in [-0.2, 0) is 11.3 Å². The summed E-state index contributed by atoms with van der Waals surface area (Å²) in [6.07, 6.45) is -3.84. The Hall–Kier alpha value is -4.27. The first-order valence-corrected chi connectivity index (χ1v) is 9.59. The number of rotatable bonds is 6. The van der Waals surface area contributed by atoms with Gasteiger partial charge in [-0.1, -0.05) is 6.07 Å². The Bertz CT molecular complexity index is 1290. The fourth-order valence-electron chi connectivity index (χ4n) is 3.02. The molecule has 0 saturated heterocycles. The molecular weight excluding hydrogens is 466 g/mol. The molecule has 0 unspecified atom stereocenters. The van der Waals surface area contributed by atoms with Gasteiger partial charge < -0.3 is 15.4 Å². The van der Waals surface area contributed by atoms with Crippen molar-refractivity contribution in [3.05, 3.63) is 53.2 Å². The lowest BCUT2D eigenvalue weighted by Crippen LogP contribution is -2.43. The van der Waals surface area contributed by atoms with Crippen LogP contribution in [0.2, 0.25) is 0 Å². The number of benzene rings is 1. The van der Waals surface area contributed by atoms with Gasteiger partial charge in [-0.3, -0.25) is 19.8 Å². The molecule has 3 aromatic rings. The van der Waals surface area contributed by atoms with Crippen molar-refractivity contribution in [2.45, 2.75) is 12.7 Å². The van der Waals surface area contributed by atoms with E-state index in [4.69, 9.17) is 4.74 Å². The van der Waals surface area contributed by atoms with E-state index in [1.807, 2.05) is 5.43 Å². The van der Waals surface area contributed by atoms with E-state index in [0.717, 1.165) is 16.8 Å². The molecule has 34 heavy (non-hydrogen) atoms. The number of carbonyl (C=O) groups excluding carboxylic acids is 3. The standard InChI is InChI=1S/C19H15F4N7O4/c20-10-6-26-30-13(18(33)29-25-8-19(21,22)23)4-12(28-16(10)30)17(32)24-5-9-1-2-14-11(3-9)27-15(31)7-34-14/h1-4,6,25H,5,7-8H2,(H,24,32)(H,27,31)(H,29,33). The van der Waals surface area contributed by atoms with Crippen LogP contribution in [-0.4, -0.2) is 51.6 Å². The minimum absolute atomic E-state index is 0.0226. The lowest BCUT2D eigenvalue weighted by Gasteiger charge is -2.18. The second-order valence-corrected chi connectivity index (χ2v) is 7.03. The summed E-state index contributed by atoms with van der Waals surface area (Å²) >= 11 is 0. The largest absolute Gasteiger partial charge is 0.482 e. The minimum atomic E-state index is -4.59. The SMILES string of the molecule is O=C1COc2ccc(CNC(=O)c3cc(C(=O)NNCC(F)(F)F)n4ncc(F)c4n3)cc2N1. The number of hydrogen-bond donors (Lipinski definition) is 4. The highest BCUT2D eigenvalue weighted by Gasteiger charge is 2.27. The quantitative estimate of drug-likeness (QED) is 0.304. The zero-order valence-corrected chi connectivity index (χ0v) is 17.0. The number of nitrogens with one attached hydrogen (secondary N) is 4. The van der Waals surface area contributed by atoms with Crippen LogP contribution in [0.25, 0.3) is 5.65 Å². The molecule has 178 valence electrons. The molecule has 0 spiro atoms. The van der Waals surface area contributed by atoms with E-state index >= 15 is 0 Å². The molecule has 15 heteroatoms. The Balaban J connectivity index is 1.51. The molecule has 11 nitrogen and oxygen atoms in total. The summed E-state index contributed by atoms with van der Waals surface area (Å²) in [7, 11) is 0. The minimum Gasteiger partial charge on any atom is -0.482 e. The van der Waals surface area contributed by atoms with Crippen molar-refractivity contribution in [3.8, 4) is 5.75 Å². The average molecular weight is 481 g/mol. The Labute approximate surface area is 187 Å². The van der Waals surface area contributed by atoms with Crippen molar-refractivity contribution in [2.75, 3.05) is 18.5 Å². The number of hydrazine groups is 1. The predicted molar refractivity (Wildman–Crippen MR) is 106 cm³/mol. The molecule has 3 amide bonds. The second-order valence-electron chi connectivity index (χ2n) is 7.03. The number of alkyl halides is 3.